The van der Waals surface area contributed by atoms with Gasteiger partial charge in [0.25, 0.3) is 5.69 Å². The SMILES string of the molecule is Cc1ccc(NC(=O)CCC(=O)NN=Cc2cc([N+](=O)[O-])ccc2Cl)cc1C. The molecule has 146 valence electrons. The molecular weight excluding hydrogens is 384 g/mol. The zero-order valence-electron chi connectivity index (χ0n) is 15.4. The van der Waals surface area contributed by atoms with E-state index in [0.717, 1.165) is 11.1 Å². The Labute approximate surface area is 166 Å². The van der Waals surface area contributed by atoms with Crippen molar-refractivity contribution in [3.05, 3.63) is 68.2 Å². The molecule has 0 saturated carbocycles. The second-order valence-electron chi connectivity index (χ2n) is 6.10. The highest BCUT2D eigenvalue weighted by Crippen LogP contribution is 2.20. The minimum atomic E-state index is -0.555. The normalized spacial score (nSPS) is 10.7. The van der Waals surface area contributed by atoms with Crippen molar-refractivity contribution < 1.29 is 14.5 Å². The lowest BCUT2D eigenvalue weighted by Gasteiger charge is -2.07. The Bertz CT molecular complexity index is 944. The number of benzene rings is 2. The van der Waals surface area contributed by atoms with Crippen molar-refractivity contribution >= 4 is 41.0 Å². The fourth-order valence-electron chi connectivity index (χ4n) is 2.24. The molecule has 0 aliphatic carbocycles. The zero-order chi connectivity index (χ0) is 20.7. The van der Waals surface area contributed by atoms with E-state index < -0.39 is 10.8 Å². The molecular formula is C19H19ClN4O4. The quantitative estimate of drug-likeness (QED) is 0.417. The first kappa shape index (κ1) is 21.0. The number of hydrogen-bond acceptors (Lipinski definition) is 5. The van der Waals surface area contributed by atoms with Crippen LogP contribution in [0, 0.1) is 24.0 Å². The summed E-state index contributed by atoms with van der Waals surface area (Å²) in [5.74, 6) is -0.753. The van der Waals surface area contributed by atoms with Crippen LogP contribution in [0.4, 0.5) is 11.4 Å². The van der Waals surface area contributed by atoms with Gasteiger partial charge < -0.3 is 5.32 Å². The van der Waals surface area contributed by atoms with Crippen LogP contribution in [0.15, 0.2) is 41.5 Å². The molecule has 28 heavy (non-hydrogen) atoms. The summed E-state index contributed by atoms with van der Waals surface area (Å²) >= 11 is 5.94. The molecule has 9 heteroatoms. The van der Waals surface area contributed by atoms with Crippen LogP contribution in [-0.4, -0.2) is 23.0 Å². The van der Waals surface area contributed by atoms with Crippen LogP contribution in [0.3, 0.4) is 0 Å². The van der Waals surface area contributed by atoms with Gasteiger partial charge in [-0.3, -0.25) is 19.7 Å². The Morgan fingerprint density at radius 2 is 1.82 bits per heavy atom. The second-order valence-corrected chi connectivity index (χ2v) is 6.51. The molecule has 2 amide bonds. The maximum atomic E-state index is 11.9. The Morgan fingerprint density at radius 3 is 2.50 bits per heavy atom. The van der Waals surface area contributed by atoms with Crippen LogP contribution >= 0.6 is 11.6 Å². The first-order valence-corrected chi connectivity index (χ1v) is 8.77. The van der Waals surface area contributed by atoms with Gasteiger partial charge in [-0.25, -0.2) is 5.43 Å². The summed E-state index contributed by atoms with van der Waals surface area (Å²) in [6, 6.07) is 9.46. The Morgan fingerprint density at radius 1 is 1.11 bits per heavy atom. The molecule has 2 aromatic carbocycles. The predicted molar refractivity (Wildman–Crippen MR) is 108 cm³/mol. The lowest BCUT2D eigenvalue weighted by atomic mass is 10.1. The number of rotatable bonds is 7. The number of nitro groups is 1. The molecule has 2 N–H and O–H groups in total. The van der Waals surface area contributed by atoms with Gasteiger partial charge in [-0.2, -0.15) is 5.10 Å². The maximum Gasteiger partial charge on any atom is 0.270 e. The number of halogens is 1. The average Bonchev–Trinajstić information content (AvgIpc) is 2.64. The van der Waals surface area contributed by atoms with Gasteiger partial charge >= 0.3 is 0 Å². The van der Waals surface area contributed by atoms with Gasteiger partial charge in [-0.05, 0) is 43.2 Å². The standard InChI is InChI=1S/C19H19ClN4O4/c1-12-3-4-15(9-13(12)2)22-18(25)7-8-19(26)23-21-11-14-10-16(24(27)28)5-6-17(14)20/h3-6,9-11H,7-8H2,1-2H3,(H,22,25)(H,23,26). The van der Waals surface area contributed by atoms with Crippen LogP contribution in [0.25, 0.3) is 0 Å². The van der Waals surface area contributed by atoms with Crippen molar-refractivity contribution in [3.8, 4) is 0 Å². The number of anilines is 1. The average molecular weight is 403 g/mol. The topological polar surface area (TPSA) is 114 Å². The number of aryl methyl sites for hydroxylation is 2. The fraction of sp³-hybridized carbons (Fsp3) is 0.211. The van der Waals surface area contributed by atoms with Gasteiger partial charge in [0.2, 0.25) is 11.8 Å². The molecule has 0 spiro atoms. The molecule has 0 aliphatic heterocycles. The molecule has 2 aromatic rings. The predicted octanol–water partition coefficient (Wildman–Crippen LogP) is 3.73. The van der Waals surface area contributed by atoms with E-state index in [-0.39, 0.29) is 29.5 Å². The lowest BCUT2D eigenvalue weighted by Crippen LogP contribution is -2.20. The number of hydrazone groups is 1. The molecule has 0 aromatic heterocycles. The summed E-state index contributed by atoms with van der Waals surface area (Å²) in [7, 11) is 0. The van der Waals surface area contributed by atoms with E-state index in [0.29, 0.717) is 11.3 Å². The van der Waals surface area contributed by atoms with E-state index in [2.05, 4.69) is 15.8 Å². The van der Waals surface area contributed by atoms with E-state index in [4.69, 9.17) is 11.6 Å². The number of carbonyl (C=O) groups excluding carboxylic acids is 2. The lowest BCUT2D eigenvalue weighted by molar-refractivity contribution is -0.384. The van der Waals surface area contributed by atoms with Crippen LogP contribution < -0.4 is 10.7 Å². The monoisotopic (exact) mass is 402 g/mol. The van der Waals surface area contributed by atoms with Crippen molar-refractivity contribution in [2.24, 2.45) is 5.10 Å². The summed E-state index contributed by atoms with van der Waals surface area (Å²) in [5, 5.41) is 17.5. The van der Waals surface area contributed by atoms with Crippen LogP contribution in [-0.2, 0) is 9.59 Å². The highest BCUT2D eigenvalue weighted by atomic mass is 35.5. The van der Waals surface area contributed by atoms with Gasteiger partial charge in [-0.1, -0.05) is 17.7 Å². The van der Waals surface area contributed by atoms with Crippen molar-refractivity contribution in [2.45, 2.75) is 26.7 Å². The van der Waals surface area contributed by atoms with E-state index >= 15 is 0 Å². The van der Waals surface area contributed by atoms with E-state index in [1.807, 2.05) is 26.0 Å². The van der Waals surface area contributed by atoms with Gasteiger partial charge in [0, 0.05) is 41.2 Å². The molecule has 0 atom stereocenters. The van der Waals surface area contributed by atoms with Crippen LogP contribution in [0.1, 0.15) is 29.5 Å². The van der Waals surface area contributed by atoms with Crippen LogP contribution in [0.2, 0.25) is 5.02 Å². The maximum absolute atomic E-state index is 11.9. The fourth-order valence-corrected chi connectivity index (χ4v) is 2.41. The van der Waals surface area contributed by atoms with Gasteiger partial charge in [-0.15, -0.1) is 0 Å². The third-order valence-corrected chi connectivity index (χ3v) is 4.30. The first-order valence-electron chi connectivity index (χ1n) is 8.39. The molecule has 0 unspecified atom stereocenters. The van der Waals surface area contributed by atoms with E-state index in [9.17, 15) is 19.7 Å². The van der Waals surface area contributed by atoms with E-state index in [1.165, 1.54) is 24.4 Å². The first-order chi connectivity index (χ1) is 13.3. The molecule has 0 saturated heterocycles. The largest absolute Gasteiger partial charge is 0.326 e. The van der Waals surface area contributed by atoms with Crippen molar-refractivity contribution in [2.75, 3.05) is 5.32 Å². The van der Waals surface area contributed by atoms with Crippen LogP contribution in [0.5, 0.6) is 0 Å². The Kier molecular flexibility index (Phi) is 7.22. The second kappa shape index (κ2) is 9.61. The number of amides is 2. The van der Waals surface area contributed by atoms with Gasteiger partial charge in [0.1, 0.15) is 0 Å². The highest BCUT2D eigenvalue weighted by Gasteiger charge is 2.09. The summed E-state index contributed by atoms with van der Waals surface area (Å²) in [5.41, 5.74) is 5.28. The third-order valence-electron chi connectivity index (χ3n) is 3.95. The summed E-state index contributed by atoms with van der Waals surface area (Å²) in [6.45, 7) is 3.93. The minimum absolute atomic E-state index is 0.00809. The molecule has 0 fully saturated rings. The molecule has 0 bridgehead atoms. The molecule has 8 nitrogen and oxygen atoms in total. The highest BCUT2D eigenvalue weighted by molar-refractivity contribution is 6.33. The number of nitrogens with one attached hydrogen (secondary N) is 2. The van der Waals surface area contributed by atoms with E-state index in [1.54, 1.807) is 6.07 Å². The zero-order valence-corrected chi connectivity index (χ0v) is 16.1. The minimum Gasteiger partial charge on any atom is -0.326 e. The van der Waals surface area contributed by atoms with Gasteiger partial charge in [0.15, 0.2) is 0 Å². The number of nitro benzene ring substituents is 1. The Hall–Kier alpha value is -3.26. The summed E-state index contributed by atoms with van der Waals surface area (Å²) in [4.78, 5) is 34.0. The third kappa shape index (κ3) is 6.17. The number of non-ortho nitro benzene ring substituents is 1. The van der Waals surface area contributed by atoms with Crippen molar-refractivity contribution in [1.82, 2.24) is 5.43 Å². The van der Waals surface area contributed by atoms with Gasteiger partial charge in [0.05, 0.1) is 11.1 Å². The molecule has 0 radical (unpaired) electrons. The Balaban J connectivity index is 1.83. The summed E-state index contributed by atoms with van der Waals surface area (Å²) in [6.07, 6.45) is 1.14. The molecule has 2 rings (SSSR count). The number of nitrogens with zero attached hydrogens (tertiary/aromatic N) is 2. The molecule has 0 aliphatic rings. The summed E-state index contributed by atoms with van der Waals surface area (Å²) < 4.78 is 0. The smallest absolute Gasteiger partial charge is 0.270 e. The number of carbonyl (C=O) groups is 2. The molecule has 0 heterocycles. The van der Waals surface area contributed by atoms with Crippen molar-refractivity contribution in [1.29, 1.82) is 0 Å². The number of hydrogen-bond donors (Lipinski definition) is 2. The van der Waals surface area contributed by atoms with Crippen molar-refractivity contribution in [3.63, 3.8) is 0 Å².